The van der Waals surface area contributed by atoms with Crippen LogP contribution in [-0.2, 0) is 16.4 Å². The predicted octanol–water partition coefficient (Wildman–Crippen LogP) is 2.21. The van der Waals surface area contributed by atoms with E-state index in [-0.39, 0.29) is 11.2 Å². The third kappa shape index (κ3) is 4.91. The number of rotatable bonds is 5. The van der Waals surface area contributed by atoms with Gasteiger partial charge in [-0.2, -0.15) is 0 Å². The first-order chi connectivity index (χ1) is 10.6. The summed E-state index contributed by atoms with van der Waals surface area (Å²) in [6.45, 7) is 4.44. The van der Waals surface area contributed by atoms with Gasteiger partial charge in [-0.15, -0.1) is 0 Å². The lowest BCUT2D eigenvalue weighted by atomic mass is 9.76. The van der Waals surface area contributed by atoms with E-state index in [0.29, 0.717) is 12.0 Å². The monoisotopic (exact) mass is 336 g/mol. The lowest BCUT2D eigenvalue weighted by molar-refractivity contribution is 0.1000. The zero-order chi connectivity index (χ0) is 17.3. The van der Waals surface area contributed by atoms with Crippen LogP contribution < -0.4 is 10.9 Å². The van der Waals surface area contributed by atoms with Gasteiger partial charge in [-0.1, -0.05) is 32.1 Å². The molecule has 0 fully saturated rings. The number of hydrogen-bond acceptors (Lipinski definition) is 3. The highest BCUT2D eigenvalue weighted by Gasteiger charge is 2.24. The summed E-state index contributed by atoms with van der Waals surface area (Å²) in [6, 6.07) is 5.29. The second-order valence-electron chi connectivity index (χ2n) is 6.96. The summed E-state index contributed by atoms with van der Waals surface area (Å²) in [6.07, 6.45) is 5.35. The maximum Gasteiger partial charge on any atom is 0.249 e. The average molecular weight is 336 g/mol. The molecule has 0 bridgehead atoms. The van der Waals surface area contributed by atoms with Crippen molar-refractivity contribution in [2.24, 2.45) is 16.3 Å². The Morgan fingerprint density at radius 2 is 2.00 bits per heavy atom. The molecule has 126 valence electrons. The van der Waals surface area contributed by atoms with Gasteiger partial charge in [0.15, 0.2) is 0 Å². The molecule has 1 aliphatic rings. The van der Waals surface area contributed by atoms with Crippen LogP contribution in [0.2, 0.25) is 0 Å². The first-order valence-electron chi connectivity index (χ1n) is 7.70. The van der Waals surface area contributed by atoms with Gasteiger partial charge in [0, 0.05) is 5.56 Å². The van der Waals surface area contributed by atoms with Crippen LogP contribution in [0.25, 0.3) is 5.57 Å². The second-order valence-corrected chi connectivity index (χ2v) is 8.69. The molecule has 0 radical (unpaired) electrons. The number of primary amides is 1. The quantitative estimate of drug-likeness (QED) is 0.861. The summed E-state index contributed by atoms with van der Waals surface area (Å²) in [5.41, 5.74) is 9.00. The van der Waals surface area contributed by atoms with E-state index in [1.165, 1.54) is 0 Å². The summed E-state index contributed by atoms with van der Waals surface area (Å²) < 4.78 is 22.3. The fourth-order valence-electron chi connectivity index (χ4n) is 2.81. The molecule has 1 aliphatic carbocycles. The van der Waals surface area contributed by atoms with Crippen LogP contribution in [-0.4, -0.2) is 20.1 Å². The molecule has 0 unspecified atom stereocenters. The summed E-state index contributed by atoms with van der Waals surface area (Å²) in [7, 11) is -3.51. The van der Waals surface area contributed by atoms with Crippen LogP contribution in [0.15, 0.2) is 24.3 Å². The standard InChI is InChI=1S/C17H24N2O3S/c1-17(2)8-5-13(6-9-17)15-11-12(7-10-23(19,21)22)3-4-14(15)16(18)20/h3-5,11H,6-10H2,1-2H3,(H2,18,20)(H2,19,21,22). The molecule has 0 heterocycles. The van der Waals surface area contributed by atoms with E-state index in [2.05, 4.69) is 19.9 Å². The van der Waals surface area contributed by atoms with E-state index < -0.39 is 15.9 Å². The smallest absolute Gasteiger partial charge is 0.249 e. The Balaban J connectivity index is 2.35. The van der Waals surface area contributed by atoms with Crippen molar-refractivity contribution in [1.82, 2.24) is 0 Å². The van der Waals surface area contributed by atoms with Crippen LogP contribution in [0.1, 0.15) is 54.6 Å². The number of primary sulfonamides is 1. The van der Waals surface area contributed by atoms with Crippen molar-refractivity contribution < 1.29 is 13.2 Å². The van der Waals surface area contributed by atoms with Gasteiger partial charge < -0.3 is 5.73 Å². The molecular weight excluding hydrogens is 312 g/mol. The Bertz CT molecular complexity index is 749. The number of nitrogens with two attached hydrogens (primary N) is 2. The van der Waals surface area contributed by atoms with E-state index in [4.69, 9.17) is 10.9 Å². The van der Waals surface area contributed by atoms with E-state index >= 15 is 0 Å². The minimum absolute atomic E-state index is 0.117. The highest BCUT2D eigenvalue weighted by molar-refractivity contribution is 7.89. The van der Waals surface area contributed by atoms with Crippen molar-refractivity contribution in [3.05, 3.63) is 41.0 Å². The zero-order valence-corrected chi connectivity index (χ0v) is 14.4. The molecule has 1 amide bonds. The lowest BCUT2D eigenvalue weighted by Gasteiger charge is -2.29. The Hall–Kier alpha value is -1.66. The third-order valence-electron chi connectivity index (χ3n) is 4.34. The van der Waals surface area contributed by atoms with E-state index in [9.17, 15) is 13.2 Å². The summed E-state index contributed by atoms with van der Waals surface area (Å²) >= 11 is 0. The highest BCUT2D eigenvalue weighted by atomic mass is 32.2. The molecule has 0 saturated heterocycles. The van der Waals surface area contributed by atoms with Crippen molar-refractivity contribution in [2.45, 2.75) is 39.5 Å². The number of carbonyl (C=O) groups is 1. The fraction of sp³-hybridized carbons (Fsp3) is 0.471. The van der Waals surface area contributed by atoms with Crippen LogP contribution in [0.4, 0.5) is 0 Å². The van der Waals surface area contributed by atoms with Crippen LogP contribution in [0, 0.1) is 5.41 Å². The molecule has 2 rings (SSSR count). The fourth-order valence-corrected chi connectivity index (χ4v) is 3.33. The van der Waals surface area contributed by atoms with E-state index in [0.717, 1.165) is 36.0 Å². The SMILES string of the molecule is CC1(C)CC=C(c2cc(CCS(N)(=O)=O)ccc2C(N)=O)CC1. The first kappa shape index (κ1) is 17.7. The molecule has 23 heavy (non-hydrogen) atoms. The number of amides is 1. The molecule has 0 saturated carbocycles. The summed E-state index contributed by atoms with van der Waals surface area (Å²) in [4.78, 5) is 11.7. The van der Waals surface area contributed by atoms with Gasteiger partial charge >= 0.3 is 0 Å². The van der Waals surface area contributed by atoms with Crippen molar-refractivity contribution in [1.29, 1.82) is 0 Å². The normalized spacial score (nSPS) is 17.6. The molecule has 0 atom stereocenters. The molecular formula is C17H24N2O3S. The van der Waals surface area contributed by atoms with Crippen molar-refractivity contribution >= 4 is 21.5 Å². The molecule has 0 aliphatic heterocycles. The van der Waals surface area contributed by atoms with Crippen molar-refractivity contribution in [3.8, 4) is 0 Å². The van der Waals surface area contributed by atoms with E-state index in [1.807, 2.05) is 6.07 Å². The van der Waals surface area contributed by atoms with Crippen LogP contribution in [0.3, 0.4) is 0 Å². The Labute approximate surface area is 137 Å². The van der Waals surface area contributed by atoms with Crippen molar-refractivity contribution in [2.75, 3.05) is 5.75 Å². The molecule has 0 aromatic heterocycles. The van der Waals surface area contributed by atoms with Gasteiger partial charge in [-0.3, -0.25) is 4.79 Å². The first-order valence-corrected chi connectivity index (χ1v) is 9.42. The van der Waals surface area contributed by atoms with E-state index in [1.54, 1.807) is 12.1 Å². The number of sulfonamides is 1. The average Bonchev–Trinajstić information content (AvgIpc) is 2.44. The molecule has 4 N–H and O–H groups in total. The number of carbonyl (C=O) groups excluding carboxylic acids is 1. The highest BCUT2D eigenvalue weighted by Crippen LogP contribution is 2.38. The van der Waals surface area contributed by atoms with Gasteiger partial charge in [0.25, 0.3) is 0 Å². The number of hydrogen-bond donors (Lipinski definition) is 2. The van der Waals surface area contributed by atoms with Gasteiger partial charge in [-0.05, 0) is 53.9 Å². The predicted molar refractivity (Wildman–Crippen MR) is 92.2 cm³/mol. The summed E-state index contributed by atoms with van der Waals surface area (Å²) in [5, 5.41) is 5.06. The second kappa shape index (κ2) is 6.45. The van der Waals surface area contributed by atoms with Gasteiger partial charge in [0.2, 0.25) is 15.9 Å². The molecule has 0 spiro atoms. The molecule has 6 heteroatoms. The maximum absolute atomic E-state index is 11.7. The number of allylic oxidation sites excluding steroid dienone is 2. The van der Waals surface area contributed by atoms with Crippen LogP contribution in [0.5, 0.6) is 0 Å². The Morgan fingerprint density at radius 3 is 2.52 bits per heavy atom. The van der Waals surface area contributed by atoms with Gasteiger partial charge in [0.05, 0.1) is 5.75 Å². The Kier molecular flexibility index (Phi) is 4.96. The number of aryl methyl sites for hydroxylation is 1. The van der Waals surface area contributed by atoms with Crippen molar-refractivity contribution in [3.63, 3.8) is 0 Å². The topological polar surface area (TPSA) is 103 Å². The van der Waals surface area contributed by atoms with Crippen LogP contribution >= 0.6 is 0 Å². The zero-order valence-electron chi connectivity index (χ0n) is 13.6. The van der Waals surface area contributed by atoms with Gasteiger partial charge in [-0.25, -0.2) is 13.6 Å². The summed E-state index contributed by atoms with van der Waals surface area (Å²) in [5.74, 6) is -0.585. The minimum atomic E-state index is -3.51. The maximum atomic E-state index is 11.7. The Morgan fingerprint density at radius 1 is 1.30 bits per heavy atom. The molecule has 5 nitrogen and oxygen atoms in total. The molecule has 1 aromatic carbocycles. The van der Waals surface area contributed by atoms with Gasteiger partial charge in [0.1, 0.15) is 0 Å². The lowest BCUT2D eigenvalue weighted by Crippen LogP contribution is -2.19. The largest absolute Gasteiger partial charge is 0.366 e. The third-order valence-corrected chi connectivity index (χ3v) is 5.12. The molecule has 1 aromatic rings. The number of benzene rings is 1. The minimum Gasteiger partial charge on any atom is -0.366 e.